The predicted octanol–water partition coefficient (Wildman–Crippen LogP) is 2.12. The molecule has 3 aromatic heterocycles. The predicted molar refractivity (Wildman–Crippen MR) is 122 cm³/mol. The molecule has 0 aliphatic heterocycles. The van der Waals surface area contributed by atoms with E-state index in [9.17, 15) is 18.3 Å². The Balaban J connectivity index is 0.000000523. The molecule has 3 heterocycles. The van der Waals surface area contributed by atoms with Crippen LogP contribution in [0.2, 0.25) is 0 Å². The summed E-state index contributed by atoms with van der Waals surface area (Å²) < 4.78 is 27.9. The van der Waals surface area contributed by atoms with Crippen molar-refractivity contribution in [1.82, 2.24) is 24.8 Å². The summed E-state index contributed by atoms with van der Waals surface area (Å²) in [5, 5.41) is 13.2. The summed E-state index contributed by atoms with van der Waals surface area (Å²) in [6, 6.07) is 7.45. The van der Waals surface area contributed by atoms with Crippen molar-refractivity contribution in [2.45, 2.75) is 19.4 Å². The summed E-state index contributed by atoms with van der Waals surface area (Å²) in [5.41, 5.74) is 4.05. The van der Waals surface area contributed by atoms with Gasteiger partial charge in [-0.05, 0) is 38.1 Å². The number of fused-ring (bicyclic) bond motifs is 2. The smallest absolute Gasteiger partial charge is 0.261 e. The van der Waals surface area contributed by atoms with E-state index in [1.807, 2.05) is 42.2 Å². The van der Waals surface area contributed by atoms with Crippen LogP contribution in [0.3, 0.4) is 0 Å². The maximum atomic E-state index is 12.6. The molecule has 4 rings (SSSR count). The number of H-pyrrole nitrogens is 1. The number of nitrogens with one attached hydrogen (secondary N) is 2. The topological polar surface area (TPSA) is 150 Å². The lowest BCUT2D eigenvalue weighted by molar-refractivity contribution is 0.0869. The SMILES string of the molecule is CS(=O)(=O)O.Cn1cc(-c2cnc3[nH]ccc3n2)c2cc(C(=O)NC(C)(C)CO)ccc21. The largest absolute Gasteiger partial charge is 0.394 e. The molecule has 11 heteroatoms. The Morgan fingerprint density at radius 1 is 1.28 bits per heavy atom. The molecule has 0 bridgehead atoms. The molecular formula is C21H25N5O5S. The van der Waals surface area contributed by atoms with Gasteiger partial charge in [0.1, 0.15) is 5.52 Å². The molecule has 32 heavy (non-hydrogen) atoms. The van der Waals surface area contributed by atoms with Crippen LogP contribution in [-0.2, 0) is 17.2 Å². The maximum absolute atomic E-state index is 12.6. The van der Waals surface area contributed by atoms with Crippen molar-refractivity contribution in [3.8, 4) is 11.3 Å². The van der Waals surface area contributed by atoms with Crippen molar-refractivity contribution in [3.63, 3.8) is 0 Å². The summed E-state index contributed by atoms with van der Waals surface area (Å²) in [5.74, 6) is -0.224. The van der Waals surface area contributed by atoms with Crippen molar-refractivity contribution in [2.24, 2.45) is 7.05 Å². The molecule has 0 saturated carbocycles. The van der Waals surface area contributed by atoms with Gasteiger partial charge in [0.2, 0.25) is 0 Å². The number of carbonyl (C=O) groups is 1. The molecule has 10 nitrogen and oxygen atoms in total. The van der Waals surface area contributed by atoms with Gasteiger partial charge in [-0.3, -0.25) is 9.35 Å². The first-order valence-electron chi connectivity index (χ1n) is 9.63. The molecule has 0 saturated heterocycles. The number of amides is 1. The Kier molecular flexibility index (Phi) is 6.35. The number of aliphatic hydroxyl groups is 1. The first-order chi connectivity index (χ1) is 14.9. The van der Waals surface area contributed by atoms with E-state index in [0.717, 1.165) is 33.3 Å². The van der Waals surface area contributed by atoms with Crippen LogP contribution >= 0.6 is 0 Å². The minimum Gasteiger partial charge on any atom is -0.394 e. The second-order valence-corrected chi connectivity index (χ2v) is 9.55. The highest BCUT2D eigenvalue weighted by Crippen LogP contribution is 2.30. The fraction of sp³-hybridized carbons (Fsp3) is 0.286. The molecule has 0 fully saturated rings. The van der Waals surface area contributed by atoms with E-state index in [0.29, 0.717) is 11.8 Å². The third-order valence-electron chi connectivity index (χ3n) is 4.64. The quantitative estimate of drug-likeness (QED) is 0.341. The number of aromatic amines is 1. The van der Waals surface area contributed by atoms with Gasteiger partial charge in [0, 0.05) is 41.5 Å². The maximum Gasteiger partial charge on any atom is 0.261 e. The van der Waals surface area contributed by atoms with Crippen molar-refractivity contribution in [3.05, 3.63) is 48.4 Å². The summed E-state index contributed by atoms with van der Waals surface area (Å²) in [4.78, 5) is 24.7. The minimum absolute atomic E-state index is 0.135. The zero-order valence-electron chi connectivity index (χ0n) is 18.1. The number of rotatable bonds is 4. The van der Waals surface area contributed by atoms with Crippen LogP contribution in [0.15, 0.2) is 42.9 Å². The van der Waals surface area contributed by atoms with Gasteiger partial charge < -0.3 is 20.0 Å². The number of hydrogen-bond donors (Lipinski definition) is 4. The van der Waals surface area contributed by atoms with E-state index < -0.39 is 15.7 Å². The van der Waals surface area contributed by atoms with Crippen LogP contribution in [0.1, 0.15) is 24.2 Å². The fourth-order valence-corrected chi connectivity index (χ4v) is 3.12. The van der Waals surface area contributed by atoms with Crippen LogP contribution in [-0.4, -0.2) is 61.9 Å². The zero-order valence-corrected chi connectivity index (χ0v) is 18.9. The first kappa shape index (κ1) is 23.4. The molecule has 0 aliphatic rings. The number of carbonyl (C=O) groups excluding carboxylic acids is 1. The highest BCUT2D eigenvalue weighted by atomic mass is 32.2. The highest BCUT2D eigenvalue weighted by molar-refractivity contribution is 7.85. The van der Waals surface area contributed by atoms with Gasteiger partial charge in [-0.15, -0.1) is 0 Å². The average molecular weight is 460 g/mol. The van der Waals surface area contributed by atoms with Crippen molar-refractivity contribution in [1.29, 1.82) is 0 Å². The number of hydrogen-bond acceptors (Lipinski definition) is 6. The lowest BCUT2D eigenvalue weighted by Gasteiger charge is -2.23. The molecule has 4 N–H and O–H groups in total. The minimum atomic E-state index is -3.67. The number of aryl methyl sites for hydroxylation is 1. The summed E-state index contributed by atoms with van der Waals surface area (Å²) in [6.45, 7) is 3.42. The van der Waals surface area contributed by atoms with Gasteiger partial charge in [-0.1, -0.05) is 0 Å². The van der Waals surface area contributed by atoms with E-state index in [2.05, 4.69) is 20.3 Å². The van der Waals surface area contributed by atoms with Crippen LogP contribution < -0.4 is 5.32 Å². The Labute approximate surface area is 185 Å². The van der Waals surface area contributed by atoms with Crippen LogP contribution in [0.25, 0.3) is 33.3 Å². The molecule has 4 aromatic rings. The third kappa shape index (κ3) is 5.49. The molecule has 0 spiro atoms. The normalized spacial score (nSPS) is 11.9. The number of aromatic nitrogens is 4. The van der Waals surface area contributed by atoms with Crippen LogP contribution in [0.4, 0.5) is 0 Å². The third-order valence-corrected chi connectivity index (χ3v) is 4.64. The molecule has 0 aliphatic carbocycles. The van der Waals surface area contributed by atoms with Gasteiger partial charge in [0.25, 0.3) is 16.0 Å². The van der Waals surface area contributed by atoms with Crippen LogP contribution in [0, 0.1) is 0 Å². The summed E-state index contributed by atoms with van der Waals surface area (Å²) >= 11 is 0. The lowest BCUT2D eigenvalue weighted by atomic mass is 10.0. The number of benzene rings is 1. The van der Waals surface area contributed by atoms with Gasteiger partial charge in [0.15, 0.2) is 5.65 Å². The van der Waals surface area contributed by atoms with Gasteiger partial charge >= 0.3 is 0 Å². The molecule has 1 amide bonds. The lowest BCUT2D eigenvalue weighted by Crippen LogP contribution is -2.46. The number of nitrogens with zero attached hydrogens (tertiary/aromatic N) is 3. The van der Waals surface area contributed by atoms with E-state index in [4.69, 9.17) is 4.55 Å². The molecule has 0 radical (unpaired) electrons. The second kappa shape index (κ2) is 8.69. The Bertz CT molecular complexity index is 1380. The zero-order chi connectivity index (χ0) is 23.7. The van der Waals surface area contributed by atoms with Crippen molar-refractivity contribution >= 4 is 38.1 Å². The molecular weight excluding hydrogens is 434 g/mol. The molecule has 0 unspecified atom stereocenters. The van der Waals surface area contributed by atoms with Crippen LogP contribution in [0.5, 0.6) is 0 Å². The molecule has 1 aromatic carbocycles. The summed E-state index contributed by atoms with van der Waals surface area (Å²) in [7, 11) is -1.71. The monoisotopic (exact) mass is 459 g/mol. The van der Waals surface area contributed by atoms with Gasteiger partial charge in [-0.2, -0.15) is 8.42 Å². The standard InChI is InChI=1S/C20H21N5O2.CH4O3S/c1-20(2,11-26)24-19(27)12-4-5-17-13(8-12)14(10-25(17)3)16-9-22-18-15(23-16)6-7-21-18;1-5(2,3)4/h4-10,26H,11H2,1-3H3,(H,21,22)(H,24,27);1H3,(H,2,3,4). The molecule has 170 valence electrons. The van der Waals surface area contributed by atoms with Gasteiger partial charge in [0.05, 0.1) is 30.3 Å². The first-order valence-corrected chi connectivity index (χ1v) is 11.5. The van der Waals surface area contributed by atoms with Gasteiger partial charge in [-0.25, -0.2) is 9.97 Å². The molecule has 0 atom stereocenters. The average Bonchev–Trinajstić information content (AvgIpc) is 3.30. The second-order valence-electron chi connectivity index (χ2n) is 8.08. The summed E-state index contributed by atoms with van der Waals surface area (Å²) in [6.07, 6.45) is 6.25. The fourth-order valence-electron chi connectivity index (χ4n) is 3.12. The Morgan fingerprint density at radius 3 is 2.62 bits per heavy atom. The highest BCUT2D eigenvalue weighted by Gasteiger charge is 2.21. The van der Waals surface area contributed by atoms with Crippen molar-refractivity contribution in [2.75, 3.05) is 12.9 Å². The van der Waals surface area contributed by atoms with E-state index in [1.165, 1.54) is 0 Å². The Morgan fingerprint density at radius 2 is 1.97 bits per heavy atom. The van der Waals surface area contributed by atoms with Crippen molar-refractivity contribution < 1.29 is 22.9 Å². The number of aliphatic hydroxyl groups excluding tert-OH is 1. The van der Waals surface area contributed by atoms with E-state index >= 15 is 0 Å². The van der Waals surface area contributed by atoms with E-state index in [-0.39, 0.29) is 12.5 Å². The Hall–Kier alpha value is -3.28. The van der Waals surface area contributed by atoms with E-state index in [1.54, 1.807) is 26.1 Å².